The predicted molar refractivity (Wildman–Crippen MR) is 62.6 cm³/mol. The molecular weight excluding hydrogens is 259 g/mol. The quantitative estimate of drug-likeness (QED) is 0.528. The van der Waals surface area contributed by atoms with Crippen LogP contribution in [-0.4, -0.2) is 39.3 Å². The fourth-order valence-corrected chi connectivity index (χ4v) is 3.30. The number of carbonyl (C=O) groups is 2. The first-order valence-electron chi connectivity index (χ1n) is 5.12. The molecule has 1 unspecified atom stereocenters. The summed E-state index contributed by atoms with van der Waals surface area (Å²) in [5, 5.41) is 10.6. The lowest BCUT2D eigenvalue weighted by Crippen LogP contribution is -2.62. The number of benzene rings is 1. The number of nitrogens with one attached hydrogen (secondary N) is 1. The van der Waals surface area contributed by atoms with Gasteiger partial charge in [-0.2, -0.15) is 0 Å². The minimum absolute atomic E-state index is 0.103. The topological polar surface area (TPSA) is 107 Å². The molecule has 8 heteroatoms. The van der Waals surface area contributed by atoms with Gasteiger partial charge in [0.15, 0.2) is 0 Å². The first-order valence-corrected chi connectivity index (χ1v) is 6.74. The van der Waals surface area contributed by atoms with Crippen LogP contribution >= 0.6 is 7.52 Å². The van der Waals surface area contributed by atoms with Gasteiger partial charge in [-0.05, 0) is 12.1 Å². The minimum atomic E-state index is -3.94. The number of carbonyl (C=O) groups excluding carboxylic acids is 1. The van der Waals surface area contributed by atoms with Gasteiger partial charge in [-0.3, -0.25) is 14.0 Å². The number of carboxylic acid groups (broad SMARTS) is 1. The highest BCUT2D eigenvalue weighted by atomic mass is 31.2. The summed E-state index contributed by atoms with van der Waals surface area (Å²) in [6.45, 7) is -0.103. The third-order valence-electron chi connectivity index (χ3n) is 2.63. The van der Waals surface area contributed by atoms with Crippen LogP contribution in [0.25, 0.3) is 0 Å². The van der Waals surface area contributed by atoms with Crippen LogP contribution in [0.2, 0.25) is 0 Å². The number of amides is 2. The van der Waals surface area contributed by atoms with E-state index >= 15 is 0 Å². The third-order valence-corrected chi connectivity index (χ3v) is 4.61. The molecule has 0 aliphatic carbocycles. The zero-order valence-corrected chi connectivity index (χ0v) is 10.1. The van der Waals surface area contributed by atoms with E-state index in [0.29, 0.717) is 0 Å². The molecule has 1 aliphatic heterocycles. The molecule has 1 aliphatic rings. The number of hydrogen-bond donors (Lipinski definition) is 3. The fraction of sp³-hybridized carbons (Fsp3) is 0.200. The van der Waals surface area contributed by atoms with Crippen molar-refractivity contribution in [3.63, 3.8) is 0 Å². The maximum Gasteiger partial charge on any atom is 0.405 e. The van der Waals surface area contributed by atoms with E-state index in [0.717, 1.165) is 4.67 Å². The van der Waals surface area contributed by atoms with Crippen LogP contribution in [0.1, 0.15) is 0 Å². The molecule has 2 atom stereocenters. The van der Waals surface area contributed by atoms with Gasteiger partial charge < -0.3 is 15.3 Å². The monoisotopic (exact) mass is 270 g/mol. The zero-order chi connectivity index (χ0) is 13.3. The van der Waals surface area contributed by atoms with Crippen molar-refractivity contribution in [2.75, 3.05) is 6.54 Å². The Balaban J connectivity index is 2.13. The highest BCUT2D eigenvalue weighted by Gasteiger charge is 2.47. The summed E-state index contributed by atoms with van der Waals surface area (Å²) < 4.78 is 12.9. The molecule has 0 saturated carbocycles. The largest absolute Gasteiger partial charge is 0.465 e. The average Bonchev–Trinajstić information content (AvgIpc) is 2.34. The SMILES string of the molecule is O=C(O)N[C@H]1CN(P(=O)(O)c2ccccc2)C1=O. The molecule has 2 rings (SSSR count). The van der Waals surface area contributed by atoms with E-state index in [2.05, 4.69) is 0 Å². The first kappa shape index (κ1) is 12.6. The molecular formula is C10H11N2O5P. The summed E-state index contributed by atoms with van der Waals surface area (Å²) in [6.07, 6.45) is -1.33. The van der Waals surface area contributed by atoms with E-state index in [4.69, 9.17) is 5.11 Å². The van der Waals surface area contributed by atoms with E-state index in [9.17, 15) is 19.0 Å². The molecule has 3 N–H and O–H groups in total. The Morgan fingerprint density at radius 1 is 1.39 bits per heavy atom. The Morgan fingerprint density at radius 3 is 2.50 bits per heavy atom. The Hall–Kier alpha value is -1.85. The normalized spacial score (nSPS) is 21.9. The maximum atomic E-state index is 12.1. The molecule has 1 saturated heterocycles. The lowest BCUT2D eigenvalue weighted by atomic mass is 10.2. The van der Waals surface area contributed by atoms with Crippen molar-refractivity contribution in [1.82, 2.24) is 9.99 Å². The molecule has 0 bridgehead atoms. The molecule has 1 fully saturated rings. The van der Waals surface area contributed by atoms with Gasteiger partial charge in [0.05, 0.1) is 11.8 Å². The van der Waals surface area contributed by atoms with Gasteiger partial charge in [0.1, 0.15) is 6.04 Å². The Labute approximate surface area is 103 Å². The summed E-state index contributed by atoms with van der Waals surface area (Å²) in [5.74, 6) is -0.688. The molecule has 2 amide bonds. The van der Waals surface area contributed by atoms with Gasteiger partial charge in [-0.1, -0.05) is 18.2 Å². The van der Waals surface area contributed by atoms with Crippen LogP contribution in [0.4, 0.5) is 4.79 Å². The van der Waals surface area contributed by atoms with Gasteiger partial charge in [-0.25, -0.2) is 4.79 Å². The average molecular weight is 270 g/mol. The van der Waals surface area contributed by atoms with Crippen LogP contribution in [0.5, 0.6) is 0 Å². The van der Waals surface area contributed by atoms with Crippen molar-refractivity contribution in [1.29, 1.82) is 0 Å². The van der Waals surface area contributed by atoms with E-state index in [1.165, 1.54) is 12.1 Å². The van der Waals surface area contributed by atoms with Crippen molar-refractivity contribution in [2.24, 2.45) is 0 Å². The number of β-lactam (4-membered cyclic amide) rings is 1. The van der Waals surface area contributed by atoms with Gasteiger partial charge in [-0.15, -0.1) is 0 Å². The summed E-state index contributed by atoms with van der Waals surface area (Å²) in [5.41, 5.74) is 0. The molecule has 18 heavy (non-hydrogen) atoms. The first-order chi connectivity index (χ1) is 8.43. The standard InChI is InChI=1S/C10H11N2O5P/c13-9-8(11-10(14)15)6-12(9)18(16,17)7-4-2-1-3-5-7/h1-5,8,11H,6H2,(H,14,15)(H,16,17)/t8-/m0/s1. The lowest BCUT2D eigenvalue weighted by Gasteiger charge is -2.40. The highest BCUT2D eigenvalue weighted by molar-refractivity contribution is 7.64. The molecule has 1 aromatic carbocycles. The van der Waals surface area contributed by atoms with Crippen molar-refractivity contribution in [3.05, 3.63) is 30.3 Å². The zero-order valence-electron chi connectivity index (χ0n) is 9.18. The molecule has 0 radical (unpaired) electrons. The molecule has 7 nitrogen and oxygen atoms in total. The van der Waals surface area contributed by atoms with Crippen molar-refractivity contribution >= 4 is 24.8 Å². The van der Waals surface area contributed by atoms with Crippen LogP contribution < -0.4 is 10.6 Å². The summed E-state index contributed by atoms with van der Waals surface area (Å²) in [4.78, 5) is 31.9. The number of nitrogens with zero attached hydrogens (tertiary/aromatic N) is 1. The van der Waals surface area contributed by atoms with Crippen molar-refractivity contribution < 1.29 is 24.2 Å². The summed E-state index contributed by atoms with van der Waals surface area (Å²) in [7, 11) is -3.94. The lowest BCUT2D eigenvalue weighted by molar-refractivity contribution is -0.137. The van der Waals surface area contributed by atoms with Crippen LogP contribution in [0.15, 0.2) is 30.3 Å². The van der Waals surface area contributed by atoms with Crippen LogP contribution in [0, 0.1) is 0 Å². The summed E-state index contributed by atoms with van der Waals surface area (Å²) >= 11 is 0. The number of rotatable bonds is 3. The van der Waals surface area contributed by atoms with E-state index in [1.54, 1.807) is 18.2 Å². The van der Waals surface area contributed by atoms with Gasteiger partial charge in [0, 0.05) is 0 Å². The maximum absolute atomic E-state index is 12.1. The van der Waals surface area contributed by atoms with E-state index in [-0.39, 0.29) is 11.8 Å². The van der Waals surface area contributed by atoms with Crippen molar-refractivity contribution in [3.8, 4) is 0 Å². The van der Waals surface area contributed by atoms with Crippen molar-refractivity contribution in [2.45, 2.75) is 6.04 Å². The molecule has 0 aromatic heterocycles. The third kappa shape index (κ3) is 2.10. The summed E-state index contributed by atoms with van der Waals surface area (Å²) in [6, 6.07) is 6.84. The molecule has 1 heterocycles. The van der Waals surface area contributed by atoms with Gasteiger partial charge in [0.2, 0.25) is 0 Å². The highest BCUT2D eigenvalue weighted by Crippen LogP contribution is 2.47. The Kier molecular flexibility index (Phi) is 3.11. The Morgan fingerprint density at radius 2 is 2.00 bits per heavy atom. The minimum Gasteiger partial charge on any atom is -0.465 e. The van der Waals surface area contributed by atoms with Crippen LogP contribution in [0.3, 0.4) is 0 Å². The van der Waals surface area contributed by atoms with Gasteiger partial charge >= 0.3 is 13.6 Å². The molecule has 0 spiro atoms. The van der Waals surface area contributed by atoms with Crippen LogP contribution in [-0.2, 0) is 9.36 Å². The van der Waals surface area contributed by atoms with E-state index < -0.39 is 25.6 Å². The second-order valence-electron chi connectivity index (χ2n) is 3.80. The number of hydrogen-bond acceptors (Lipinski definition) is 3. The molecule has 96 valence electrons. The van der Waals surface area contributed by atoms with E-state index in [1.807, 2.05) is 5.32 Å². The Bertz CT molecular complexity index is 532. The second kappa shape index (κ2) is 4.44. The smallest absolute Gasteiger partial charge is 0.405 e. The second-order valence-corrected chi connectivity index (χ2v) is 5.89. The predicted octanol–water partition coefficient (Wildman–Crippen LogP) is -0.0243. The fourth-order valence-electron chi connectivity index (χ4n) is 1.67. The molecule has 1 aromatic rings. The van der Waals surface area contributed by atoms with Gasteiger partial charge in [0.25, 0.3) is 5.91 Å².